The summed E-state index contributed by atoms with van der Waals surface area (Å²) in [6, 6.07) is 16.9. The molecule has 1 atom stereocenters. The van der Waals surface area contributed by atoms with Gasteiger partial charge < -0.3 is 14.2 Å². The van der Waals surface area contributed by atoms with Crippen molar-refractivity contribution in [2.24, 2.45) is 0 Å². The lowest BCUT2D eigenvalue weighted by molar-refractivity contribution is 0.322. The Labute approximate surface area is 156 Å². The number of hydrogen-bond donors (Lipinski definition) is 0. The number of benzene rings is 3. The molecule has 0 aliphatic rings. The minimum Gasteiger partial charge on any atom is -0.493 e. The molecule has 0 aromatic heterocycles. The average Bonchev–Trinajstić information content (AvgIpc) is 2.66. The van der Waals surface area contributed by atoms with Crippen molar-refractivity contribution in [2.75, 3.05) is 21.3 Å². The third-order valence-corrected chi connectivity index (χ3v) is 5.36. The standard InChI is InChI=1S/C21H21BrO3/c1-13(15-10-9-14-7-5-6-8-16(14)11-15)17-12-18(23-2)20(24-3)21(25-4)19(17)22/h5-13H,1-4H3. The molecule has 25 heavy (non-hydrogen) atoms. The maximum absolute atomic E-state index is 5.55. The summed E-state index contributed by atoms with van der Waals surface area (Å²) in [5.41, 5.74) is 2.32. The first kappa shape index (κ1) is 17.6. The second-order valence-corrected chi connectivity index (χ2v) is 6.67. The van der Waals surface area contributed by atoms with E-state index in [4.69, 9.17) is 14.2 Å². The second-order valence-electron chi connectivity index (χ2n) is 5.88. The van der Waals surface area contributed by atoms with Gasteiger partial charge in [0, 0.05) is 5.92 Å². The number of methoxy groups -OCH3 is 3. The van der Waals surface area contributed by atoms with Crippen LogP contribution in [-0.2, 0) is 0 Å². The lowest BCUT2D eigenvalue weighted by Crippen LogP contribution is -2.03. The molecule has 3 aromatic carbocycles. The largest absolute Gasteiger partial charge is 0.493 e. The molecule has 0 saturated carbocycles. The maximum Gasteiger partial charge on any atom is 0.204 e. The van der Waals surface area contributed by atoms with Gasteiger partial charge in [0.1, 0.15) is 0 Å². The highest BCUT2D eigenvalue weighted by Gasteiger charge is 2.22. The SMILES string of the molecule is COc1cc(C(C)c2ccc3ccccc3c2)c(Br)c(OC)c1OC. The van der Waals surface area contributed by atoms with Crippen molar-refractivity contribution in [1.29, 1.82) is 0 Å². The van der Waals surface area contributed by atoms with Gasteiger partial charge in [-0.05, 0) is 43.9 Å². The Bertz CT molecular complexity index is 905. The Hall–Kier alpha value is -2.20. The highest BCUT2D eigenvalue weighted by atomic mass is 79.9. The third-order valence-electron chi connectivity index (χ3n) is 4.54. The summed E-state index contributed by atoms with van der Waals surface area (Å²) in [4.78, 5) is 0. The van der Waals surface area contributed by atoms with Gasteiger partial charge in [-0.15, -0.1) is 0 Å². The van der Waals surface area contributed by atoms with Gasteiger partial charge in [-0.1, -0.05) is 49.4 Å². The molecule has 0 N–H and O–H groups in total. The van der Waals surface area contributed by atoms with E-state index in [0.29, 0.717) is 17.2 Å². The molecule has 0 radical (unpaired) electrons. The first-order chi connectivity index (χ1) is 12.1. The Balaban J connectivity index is 2.13. The van der Waals surface area contributed by atoms with Crippen molar-refractivity contribution in [3.05, 3.63) is 64.1 Å². The summed E-state index contributed by atoms with van der Waals surface area (Å²) in [7, 11) is 4.88. The smallest absolute Gasteiger partial charge is 0.204 e. The molecule has 0 bridgehead atoms. The molecule has 0 fully saturated rings. The van der Waals surface area contributed by atoms with Gasteiger partial charge in [-0.25, -0.2) is 0 Å². The third kappa shape index (κ3) is 3.19. The summed E-state index contributed by atoms with van der Waals surface area (Å²) >= 11 is 3.68. The van der Waals surface area contributed by atoms with Crippen molar-refractivity contribution in [2.45, 2.75) is 12.8 Å². The van der Waals surface area contributed by atoms with Crippen LogP contribution in [0.25, 0.3) is 10.8 Å². The van der Waals surface area contributed by atoms with Crippen LogP contribution < -0.4 is 14.2 Å². The molecule has 130 valence electrons. The van der Waals surface area contributed by atoms with E-state index in [2.05, 4.69) is 65.3 Å². The molecule has 0 amide bonds. The normalized spacial score (nSPS) is 12.0. The summed E-state index contributed by atoms with van der Waals surface area (Å²) in [6.45, 7) is 2.18. The molecule has 0 heterocycles. The lowest BCUT2D eigenvalue weighted by atomic mass is 9.91. The fourth-order valence-corrected chi connectivity index (χ4v) is 3.91. The van der Waals surface area contributed by atoms with Crippen LogP contribution in [0.4, 0.5) is 0 Å². The van der Waals surface area contributed by atoms with Crippen molar-refractivity contribution in [3.63, 3.8) is 0 Å². The second kappa shape index (κ2) is 7.36. The molecule has 4 heteroatoms. The number of halogens is 1. The van der Waals surface area contributed by atoms with Gasteiger partial charge in [0.2, 0.25) is 5.75 Å². The van der Waals surface area contributed by atoms with Crippen molar-refractivity contribution >= 4 is 26.7 Å². The van der Waals surface area contributed by atoms with Crippen LogP contribution in [0.15, 0.2) is 53.0 Å². The van der Waals surface area contributed by atoms with Crippen molar-refractivity contribution < 1.29 is 14.2 Å². The molecular formula is C21H21BrO3. The molecule has 3 aromatic rings. The van der Waals surface area contributed by atoms with Crippen LogP contribution >= 0.6 is 15.9 Å². The lowest BCUT2D eigenvalue weighted by Gasteiger charge is -2.21. The minimum absolute atomic E-state index is 0.160. The average molecular weight is 401 g/mol. The van der Waals surface area contributed by atoms with Gasteiger partial charge >= 0.3 is 0 Å². The van der Waals surface area contributed by atoms with E-state index in [9.17, 15) is 0 Å². The van der Waals surface area contributed by atoms with Gasteiger partial charge in [0.05, 0.1) is 25.8 Å². The topological polar surface area (TPSA) is 27.7 Å². The highest BCUT2D eigenvalue weighted by Crippen LogP contribution is 2.47. The Morgan fingerprint density at radius 1 is 0.800 bits per heavy atom. The minimum atomic E-state index is 0.160. The van der Waals surface area contributed by atoms with Crippen molar-refractivity contribution in [3.8, 4) is 17.2 Å². The summed E-state index contributed by atoms with van der Waals surface area (Å²) in [5.74, 6) is 2.05. The van der Waals surface area contributed by atoms with Crippen LogP contribution in [0, 0.1) is 0 Å². The molecule has 0 aliphatic carbocycles. The van der Waals surface area contributed by atoms with Crippen LogP contribution in [0.2, 0.25) is 0 Å². The van der Waals surface area contributed by atoms with Gasteiger partial charge in [0.15, 0.2) is 11.5 Å². The number of fused-ring (bicyclic) bond motifs is 1. The number of hydrogen-bond acceptors (Lipinski definition) is 3. The first-order valence-electron chi connectivity index (χ1n) is 8.07. The Morgan fingerprint density at radius 2 is 1.48 bits per heavy atom. The molecule has 3 nitrogen and oxygen atoms in total. The summed E-state index contributed by atoms with van der Waals surface area (Å²) in [5, 5.41) is 2.47. The summed E-state index contributed by atoms with van der Waals surface area (Å²) < 4.78 is 17.4. The van der Waals surface area contributed by atoms with Crippen LogP contribution in [-0.4, -0.2) is 21.3 Å². The molecule has 3 rings (SSSR count). The van der Waals surface area contributed by atoms with E-state index in [1.54, 1.807) is 21.3 Å². The quantitative estimate of drug-likeness (QED) is 0.543. The Kier molecular flexibility index (Phi) is 5.19. The highest BCUT2D eigenvalue weighted by molar-refractivity contribution is 9.10. The zero-order valence-corrected chi connectivity index (χ0v) is 16.4. The fourth-order valence-electron chi connectivity index (χ4n) is 3.11. The zero-order valence-electron chi connectivity index (χ0n) is 14.8. The van der Waals surface area contributed by atoms with E-state index in [-0.39, 0.29) is 5.92 Å². The zero-order chi connectivity index (χ0) is 18.0. The van der Waals surface area contributed by atoms with Crippen LogP contribution in [0.3, 0.4) is 0 Å². The Morgan fingerprint density at radius 3 is 2.12 bits per heavy atom. The predicted molar refractivity (Wildman–Crippen MR) is 105 cm³/mol. The molecular weight excluding hydrogens is 380 g/mol. The number of rotatable bonds is 5. The van der Waals surface area contributed by atoms with E-state index in [0.717, 1.165) is 10.0 Å². The molecule has 0 spiro atoms. The van der Waals surface area contributed by atoms with Crippen LogP contribution in [0.5, 0.6) is 17.2 Å². The monoisotopic (exact) mass is 400 g/mol. The molecule has 0 aliphatic heterocycles. The molecule has 0 saturated heterocycles. The van der Waals surface area contributed by atoms with Gasteiger partial charge in [-0.2, -0.15) is 0 Å². The fraction of sp³-hybridized carbons (Fsp3) is 0.238. The van der Waals surface area contributed by atoms with E-state index in [1.165, 1.54) is 16.3 Å². The van der Waals surface area contributed by atoms with Gasteiger partial charge in [0.25, 0.3) is 0 Å². The van der Waals surface area contributed by atoms with E-state index >= 15 is 0 Å². The first-order valence-corrected chi connectivity index (χ1v) is 8.87. The van der Waals surface area contributed by atoms with Gasteiger partial charge in [-0.3, -0.25) is 0 Å². The number of ether oxygens (including phenoxy) is 3. The van der Waals surface area contributed by atoms with Crippen LogP contribution in [0.1, 0.15) is 24.0 Å². The maximum atomic E-state index is 5.55. The summed E-state index contributed by atoms with van der Waals surface area (Å²) in [6.07, 6.45) is 0. The van der Waals surface area contributed by atoms with E-state index < -0.39 is 0 Å². The predicted octanol–water partition coefficient (Wildman–Crippen LogP) is 5.78. The molecule has 1 unspecified atom stereocenters. The van der Waals surface area contributed by atoms with Crippen molar-refractivity contribution in [1.82, 2.24) is 0 Å². The van der Waals surface area contributed by atoms with E-state index in [1.807, 2.05) is 6.07 Å².